The van der Waals surface area contributed by atoms with Crippen LogP contribution >= 0.6 is 23.2 Å². The summed E-state index contributed by atoms with van der Waals surface area (Å²) in [5, 5.41) is 24.2. The Kier molecular flexibility index (Phi) is 8.24. The maximum absolute atomic E-state index is 9.78. The van der Waals surface area contributed by atoms with Gasteiger partial charge in [-0.3, -0.25) is 4.98 Å². The molecule has 0 bridgehead atoms. The summed E-state index contributed by atoms with van der Waals surface area (Å²) in [4.78, 5) is 6.97. The molecule has 2 fully saturated rings. The monoisotopic (exact) mass is 570 g/mol. The summed E-state index contributed by atoms with van der Waals surface area (Å²) < 4.78 is 17.1. The molecular formula is C29H32Cl2N4O4. The zero-order valence-electron chi connectivity index (χ0n) is 22.1. The lowest BCUT2D eigenvalue weighted by Crippen LogP contribution is -2.49. The maximum atomic E-state index is 9.78. The van der Waals surface area contributed by atoms with Crippen molar-refractivity contribution in [2.75, 3.05) is 45.8 Å². The molecule has 1 aromatic heterocycles. The van der Waals surface area contributed by atoms with E-state index < -0.39 is 0 Å². The van der Waals surface area contributed by atoms with Crippen LogP contribution in [0.15, 0.2) is 30.5 Å². The number of anilines is 2. The molecule has 10 heteroatoms. The van der Waals surface area contributed by atoms with Crippen molar-refractivity contribution in [3.05, 3.63) is 46.1 Å². The lowest BCUT2D eigenvalue weighted by atomic mass is 9.61. The van der Waals surface area contributed by atoms with Gasteiger partial charge in [0.25, 0.3) is 0 Å². The number of aliphatic hydroxyl groups is 1. The lowest BCUT2D eigenvalue weighted by molar-refractivity contribution is -0.0681. The van der Waals surface area contributed by atoms with Crippen LogP contribution in [-0.4, -0.2) is 61.6 Å². The third-order valence-electron chi connectivity index (χ3n) is 7.91. The van der Waals surface area contributed by atoms with E-state index in [0.29, 0.717) is 67.2 Å². The fraction of sp³-hybridized carbons (Fsp3) is 0.448. The van der Waals surface area contributed by atoms with Crippen LogP contribution in [-0.2, 0) is 0 Å². The Balaban J connectivity index is 1.29. The molecule has 1 spiro atoms. The minimum atomic E-state index is -0.0894. The first kappa shape index (κ1) is 27.6. The molecule has 2 heterocycles. The highest BCUT2D eigenvalue weighted by molar-refractivity contribution is 6.37. The van der Waals surface area contributed by atoms with Crippen LogP contribution in [0.4, 0.5) is 11.4 Å². The number of pyridine rings is 1. The molecule has 0 atom stereocenters. The number of likely N-dealkylation sites (tertiary alicyclic amines) is 1. The fourth-order valence-corrected chi connectivity index (χ4v) is 6.18. The van der Waals surface area contributed by atoms with Crippen LogP contribution in [0.2, 0.25) is 10.0 Å². The van der Waals surface area contributed by atoms with Crippen molar-refractivity contribution < 1.29 is 19.3 Å². The summed E-state index contributed by atoms with van der Waals surface area (Å²) >= 11 is 12.6. The van der Waals surface area contributed by atoms with Crippen molar-refractivity contribution in [1.29, 1.82) is 5.26 Å². The van der Waals surface area contributed by atoms with Gasteiger partial charge in [0, 0.05) is 30.3 Å². The second-order valence-corrected chi connectivity index (χ2v) is 11.2. The van der Waals surface area contributed by atoms with Crippen molar-refractivity contribution in [2.24, 2.45) is 5.41 Å². The number of aliphatic hydroxyl groups excluding tert-OH is 1. The Hall–Kier alpha value is -2.96. The van der Waals surface area contributed by atoms with Gasteiger partial charge in [-0.05, 0) is 62.7 Å². The minimum absolute atomic E-state index is 0.0894. The van der Waals surface area contributed by atoms with E-state index in [0.717, 1.165) is 38.9 Å². The van der Waals surface area contributed by atoms with E-state index in [1.807, 2.05) is 12.1 Å². The van der Waals surface area contributed by atoms with Gasteiger partial charge in [0.15, 0.2) is 11.5 Å². The van der Waals surface area contributed by atoms with Gasteiger partial charge >= 0.3 is 0 Å². The van der Waals surface area contributed by atoms with Gasteiger partial charge in [0.2, 0.25) is 0 Å². The number of aromatic nitrogens is 1. The Morgan fingerprint density at radius 2 is 1.82 bits per heavy atom. The zero-order chi connectivity index (χ0) is 27.6. The van der Waals surface area contributed by atoms with Crippen LogP contribution in [0.25, 0.3) is 10.9 Å². The topological polar surface area (TPSA) is 99.9 Å². The van der Waals surface area contributed by atoms with Crippen LogP contribution in [0.3, 0.4) is 0 Å². The van der Waals surface area contributed by atoms with Crippen LogP contribution in [0.1, 0.15) is 37.7 Å². The Morgan fingerprint density at radius 3 is 2.49 bits per heavy atom. The van der Waals surface area contributed by atoms with E-state index in [9.17, 15) is 10.4 Å². The number of nitrogens with one attached hydrogen (secondary N) is 1. The van der Waals surface area contributed by atoms with Crippen LogP contribution < -0.4 is 19.5 Å². The predicted molar refractivity (Wildman–Crippen MR) is 153 cm³/mol. The van der Waals surface area contributed by atoms with Crippen molar-refractivity contribution in [2.45, 2.75) is 38.2 Å². The normalized spacial score (nSPS) is 17.0. The molecule has 1 saturated carbocycles. The molecule has 39 heavy (non-hydrogen) atoms. The Labute approximate surface area is 238 Å². The summed E-state index contributed by atoms with van der Waals surface area (Å²) in [5.41, 5.74) is 2.47. The van der Waals surface area contributed by atoms with Crippen molar-refractivity contribution in [3.63, 3.8) is 0 Å². The number of hydrogen-bond acceptors (Lipinski definition) is 8. The Bertz CT molecular complexity index is 1390. The van der Waals surface area contributed by atoms with Crippen molar-refractivity contribution in [3.8, 4) is 23.3 Å². The average molecular weight is 572 g/mol. The molecule has 0 radical (unpaired) electrons. The number of halogens is 2. The first-order valence-corrected chi connectivity index (χ1v) is 13.8. The number of ether oxygens (including phenoxy) is 3. The van der Waals surface area contributed by atoms with E-state index in [1.54, 1.807) is 19.2 Å². The van der Waals surface area contributed by atoms with Gasteiger partial charge in [0.05, 0.1) is 59.4 Å². The number of hydrogen-bond donors (Lipinski definition) is 2. The molecule has 2 aliphatic rings. The number of rotatable bonds is 9. The molecule has 0 unspecified atom stereocenters. The standard InChI is InChI=1S/C29H32Cl2N4O4/c1-37-25-13-24(21(30)11-22(25)31)34-28-18(16-32)17-33-23-12-27(26(38-2)10-20(23)28)39-9-3-6-35-7-4-29(5-8-35)14-19(36)15-29/h10-13,17,19,36H,3-9,14-15H2,1-2H3,(H,33,34). The molecule has 1 aliphatic carbocycles. The number of piperidine rings is 1. The molecule has 2 aromatic carbocycles. The summed E-state index contributed by atoms with van der Waals surface area (Å²) in [7, 11) is 3.11. The SMILES string of the molecule is COc1cc(Nc2c(C#N)cnc3cc(OCCCN4CCC5(CC4)CC(O)C5)c(OC)cc23)c(Cl)cc1Cl. The summed E-state index contributed by atoms with van der Waals surface area (Å²) in [6, 6.07) is 9.12. The summed E-state index contributed by atoms with van der Waals surface area (Å²) in [6.45, 7) is 3.67. The van der Waals surface area contributed by atoms with E-state index in [4.69, 9.17) is 37.4 Å². The van der Waals surface area contributed by atoms with Gasteiger partial charge in [-0.25, -0.2) is 0 Å². The molecule has 206 valence electrons. The molecule has 3 aromatic rings. The highest BCUT2D eigenvalue weighted by atomic mass is 35.5. The maximum Gasteiger partial charge on any atom is 0.163 e. The number of fused-ring (bicyclic) bond motifs is 1. The molecule has 0 amide bonds. The molecule has 5 rings (SSSR count). The van der Waals surface area contributed by atoms with Gasteiger partial charge in [-0.2, -0.15) is 5.26 Å². The molecule has 1 aliphatic heterocycles. The first-order valence-electron chi connectivity index (χ1n) is 13.1. The number of nitrogens with zero attached hydrogens (tertiary/aromatic N) is 3. The van der Waals surface area contributed by atoms with Crippen LogP contribution in [0.5, 0.6) is 17.2 Å². The number of benzene rings is 2. The lowest BCUT2D eigenvalue weighted by Gasteiger charge is -2.50. The Morgan fingerprint density at radius 1 is 1.08 bits per heavy atom. The molecular weight excluding hydrogens is 539 g/mol. The summed E-state index contributed by atoms with van der Waals surface area (Å²) in [5.74, 6) is 1.60. The van der Waals surface area contributed by atoms with Gasteiger partial charge in [-0.15, -0.1) is 0 Å². The smallest absolute Gasteiger partial charge is 0.163 e. The molecule has 1 saturated heterocycles. The first-order chi connectivity index (χ1) is 18.8. The van der Waals surface area contributed by atoms with E-state index >= 15 is 0 Å². The average Bonchev–Trinajstić information content (AvgIpc) is 2.92. The minimum Gasteiger partial charge on any atom is -0.495 e. The van der Waals surface area contributed by atoms with Crippen molar-refractivity contribution >= 4 is 45.5 Å². The zero-order valence-corrected chi connectivity index (χ0v) is 23.6. The molecule has 2 N–H and O–H groups in total. The number of methoxy groups -OCH3 is 2. The predicted octanol–water partition coefficient (Wildman–Crippen LogP) is 6.18. The van der Waals surface area contributed by atoms with E-state index in [-0.39, 0.29) is 6.10 Å². The highest BCUT2D eigenvalue weighted by Gasteiger charge is 2.44. The third kappa shape index (κ3) is 5.82. The second-order valence-electron chi connectivity index (χ2n) is 10.4. The van der Waals surface area contributed by atoms with E-state index in [2.05, 4.69) is 21.3 Å². The largest absolute Gasteiger partial charge is 0.495 e. The van der Waals surface area contributed by atoms with Gasteiger partial charge < -0.3 is 29.5 Å². The number of nitriles is 1. The van der Waals surface area contributed by atoms with Gasteiger partial charge in [0.1, 0.15) is 11.8 Å². The quantitative estimate of drug-likeness (QED) is 0.294. The third-order valence-corrected chi connectivity index (χ3v) is 8.51. The fourth-order valence-electron chi connectivity index (χ4n) is 5.68. The van der Waals surface area contributed by atoms with Gasteiger partial charge in [-0.1, -0.05) is 23.2 Å². The second kappa shape index (κ2) is 11.6. The van der Waals surface area contributed by atoms with Crippen LogP contribution in [0, 0.1) is 16.7 Å². The van der Waals surface area contributed by atoms with E-state index in [1.165, 1.54) is 26.1 Å². The summed E-state index contributed by atoms with van der Waals surface area (Å²) in [6.07, 6.45) is 6.59. The highest BCUT2D eigenvalue weighted by Crippen LogP contribution is 2.49. The van der Waals surface area contributed by atoms with Crippen molar-refractivity contribution in [1.82, 2.24) is 9.88 Å². The molecule has 8 nitrogen and oxygen atoms in total.